The van der Waals surface area contributed by atoms with Crippen LogP contribution < -0.4 is 9.47 Å². The molecule has 2 aliphatic heterocycles. The van der Waals surface area contributed by atoms with Gasteiger partial charge in [0, 0.05) is 19.1 Å². The molecule has 8 heteroatoms. The molecule has 2 saturated heterocycles. The van der Waals surface area contributed by atoms with E-state index in [2.05, 4.69) is 13.8 Å². The molecule has 1 aromatic rings. The molecule has 3 rings (SSSR count). The summed E-state index contributed by atoms with van der Waals surface area (Å²) in [4.78, 5) is 29.0. The third-order valence-electron chi connectivity index (χ3n) is 5.61. The molecule has 29 heavy (non-hydrogen) atoms. The van der Waals surface area contributed by atoms with Gasteiger partial charge in [-0.05, 0) is 37.3 Å². The number of carbonyl (C=O) groups is 2. The Morgan fingerprint density at radius 3 is 2.52 bits per heavy atom. The van der Waals surface area contributed by atoms with Crippen LogP contribution in [0.4, 0.5) is 4.79 Å². The lowest BCUT2D eigenvalue weighted by molar-refractivity contribution is 0.0630. The summed E-state index contributed by atoms with van der Waals surface area (Å²) >= 11 is 6.40. The Labute approximate surface area is 176 Å². The topological polar surface area (TPSA) is 68.3 Å². The lowest BCUT2D eigenvalue weighted by Crippen LogP contribution is -2.50. The van der Waals surface area contributed by atoms with Gasteiger partial charge in [0.1, 0.15) is 6.61 Å². The van der Waals surface area contributed by atoms with Gasteiger partial charge in [-0.15, -0.1) is 0 Å². The SMILES string of the molecule is COc1ccc(C(=O)N2CCC(N3C(=O)OCC3CC(C)C)CC2)c(Cl)c1OC. The summed E-state index contributed by atoms with van der Waals surface area (Å²) in [5, 5.41) is 0.249. The van der Waals surface area contributed by atoms with Crippen molar-refractivity contribution in [2.45, 2.75) is 45.2 Å². The van der Waals surface area contributed by atoms with Crippen LogP contribution in [0.25, 0.3) is 0 Å². The number of ether oxygens (including phenoxy) is 3. The number of halogens is 1. The van der Waals surface area contributed by atoms with Crippen molar-refractivity contribution in [2.24, 2.45) is 5.92 Å². The molecule has 0 spiro atoms. The molecular weight excluding hydrogens is 396 g/mol. The molecule has 0 radical (unpaired) electrons. The number of piperidine rings is 1. The lowest BCUT2D eigenvalue weighted by atomic mass is 9.97. The third kappa shape index (κ3) is 4.39. The van der Waals surface area contributed by atoms with E-state index in [1.807, 2.05) is 4.90 Å². The highest BCUT2D eigenvalue weighted by molar-refractivity contribution is 6.35. The zero-order chi connectivity index (χ0) is 21.1. The molecule has 7 nitrogen and oxygen atoms in total. The second kappa shape index (κ2) is 9.11. The fourth-order valence-electron chi connectivity index (χ4n) is 4.22. The molecular formula is C21H29ClN2O5. The summed E-state index contributed by atoms with van der Waals surface area (Å²) in [5.41, 5.74) is 0.390. The van der Waals surface area contributed by atoms with E-state index in [1.165, 1.54) is 14.2 Å². The van der Waals surface area contributed by atoms with Gasteiger partial charge in [-0.2, -0.15) is 0 Å². The summed E-state index contributed by atoms with van der Waals surface area (Å²) in [6, 6.07) is 3.56. The van der Waals surface area contributed by atoms with Gasteiger partial charge in [0.25, 0.3) is 5.91 Å². The van der Waals surface area contributed by atoms with Crippen molar-refractivity contribution >= 4 is 23.6 Å². The summed E-state index contributed by atoms with van der Waals surface area (Å²) in [6.45, 7) is 5.88. The number of carbonyl (C=O) groups excluding carboxylic acids is 2. The van der Waals surface area contributed by atoms with Crippen molar-refractivity contribution in [1.82, 2.24) is 9.80 Å². The minimum Gasteiger partial charge on any atom is -0.493 e. The Hall–Kier alpha value is -2.15. The first-order chi connectivity index (χ1) is 13.9. The van der Waals surface area contributed by atoms with Crippen LogP contribution >= 0.6 is 11.6 Å². The van der Waals surface area contributed by atoms with Crippen molar-refractivity contribution in [3.05, 3.63) is 22.7 Å². The van der Waals surface area contributed by atoms with E-state index < -0.39 is 0 Å². The predicted octanol–water partition coefficient (Wildman–Crippen LogP) is 3.83. The Balaban J connectivity index is 1.68. The fraction of sp³-hybridized carbons (Fsp3) is 0.619. The monoisotopic (exact) mass is 424 g/mol. The Morgan fingerprint density at radius 2 is 1.93 bits per heavy atom. The molecule has 0 N–H and O–H groups in total. The van der Waals surface area contributed by atoms with Crippen LogP contribution in [-0.4, -0.2) is 67.8 Å². The predicted molar refractivity (Wildman–Crippen MR) is 110 cm³/mol. The maximum atomic E-state index is 13.0. The number of amides is 2. The first-order valence-corrected chi connectivity index (χ1v) is 10.4. The minimum atomic E-state index is -0.233. The van der Waals surface area contributed by atoms with E-state index in [0.29, 0.717) is 42.7 Å². The molecule has 2 amide bonds. The molecule has 1 unspecified atom stereocenters. The molecule has 2 heterocycles. The first kappa shape index (κ1) is 21.6. The molecule has 0 bridgehead atoms. The average molecular weight is 425 g/mol. The molecule has 2 aliphatic rings. The highest BCUT2D eigenvalue weighted by Crippen LogP contribution is 2.38. The van der Waals surface area contributed by atoms with Crippen LogP contribution in [0.1, 0.15) is 43.5 Å². The Kier molecular flexibility index (Phi) is 6.77. The molecule has 0 aliphatic carbocycles. The zero-order valence-corrected chi connectivity index (χ0v) is 18.2. The van der Waals surface area contributed by atoms with Crippen LogP contribution in [0.15, 0.2) is 12.1 Å². The van der Waals surface area contributed by atoms with Crippen LogP contribution in [0.3, 0.4) is 0 Å². The quantitative estimate of drug-likeness (QED) is 0.694. The maximum Gasteiger partial charge on any atom is 0.410 e. The number of hydrogen-bond acceptors (Lipinski definition) is 5. The highest BCUT2D eigenvalue weighted by Gasteiger charge is 2.40. The highest BCUT2D eigenvalue weighted by atomic mass is 35.5. The van der Waals surface area contributed by atoms with E-state index >= 15 is 0 Å². The van der Waals surface area contributed by atoms with E-state index in [1.54, 1.807) is 17.0 Å². The van der Waals surface area contributed by atoms with Crippen molar-refractivity contribution in [2.75, 3.05) is 33.9 Å². The van der Waals surface area contributed by atoms with Gasteiger partial charge in [0.05, 0.1) is 30.8 Å². The number of likely N-dealkylation sites (tertiary alicyclic amines) is 1. The van der Waals surface area contributed by atoms with E-state index in [4.69, 9.17) is 25.8 Å². The smallest absolute Gasteiger partial charge is 0.410 e. The number of cyclic esters (lactones) is 1. The molecule has 2 fully saturated rings. The van der Waals surface area contributed by atoms with Gasteiger partial charge in [0.2, 0.25) is 0 Å². The van der Waals surface area contributed by atoms with E-state index in [-0.39, 0.29) is 29.1 Å². The normalized spacial score (nSPS) is 20.2. The molecule has 0 saturated carbocycles. The van der Waals surface area contributed by atoms with Crippen molar-refractivity contribution in [3.63, 3.8) is 0 Å². The number of nitrogens with zero attached hydrogens (tertiary/aromatic N) is 2. The van der Waals surface area contributed by atoms with Crippen molar-refractivity contribution in [1.29, 1.82) is 0 Å². The van der Waals surface area contributed by atoms with Crippen molar-refractivity contribution in [3.8, 4) is 11.5 Å². The van der Waals surface area contributed by atoms with Gasteiger partial charge in [-0.3, -0.25) is 9.69 Å². The van der Waals surface area contributed by atoms with Gasteiger partial charge in [-0.1, -0.05) is 25.4 Å². The number of hydrogen-bond donors (Lipinski definition) is 0. The van der Waals surface area contributed by atoms with Gasteiger partial charge in [-0.25, -0.2) is 4.79 Å². The van der Waals surface area contributed by atoms with Crippen LogP contribution in [0, 0.1) is 5.92 Å². The summed E-state index contributed by atoms with van der Waals surface area (Å²) in [5.74, 6) is 1.19. The fourth-order valence-corrected chi connectivity index (χ4v) is 4.53. The molecule has 0 aromatic heterocycles. The molecule has 160 valence electrons. The molecule has 1 atom stereocenters. The van der Waals surface area contributed by atoms with Crippen LogP contribution in [0.2, 0.25) is 5.02 Å². The van der Waals surface area contributed by atoms with Crippen LogP contribution in [0.5, 0.6) is 11.5 Å². The third-order valence-corrected chi connectivity index (χ3v) is 5.98. The Morgan fingerprint density at radius 1 is 1.24 bits per heavy atom. The first-order valence-electron chi connectivity index (χ1n) is 10.0. The van der Waals surface area contributed by atoms with Crippen molar-refractivity contribution < 1.29 is 23.8 Å². The average Bonchev–Trinajstić information content (AvgIpc) is 3.06. The lowest BCUT2D eigenvalue weighted by Gasteiger charge is -2.38. The standard InChI is InChI=1S/C21H29ClN2O5/c1-13(2)11-15-12-29-21(26)24(15)14-7-9-23(10-8-14)20(25)16-5-6-17(27-3)19(28-4)18(16)22/h5-6,13-15H,7-12H2,1-4H3. The largest absolute Gasteiger partial charge is 0.493 e. The van der Waals surface area contributed by atoms with Gasteiger partial charge < -0.3 is 19.1 Å². The second-order valence-corrected chi connectivity index (χ2v) is 8.33. The number of benzene rings is 1. The summed E-state index contributed by atoms with van der Waals surface area (Å²) in [6.07, 6.45) is 2.13. The minimum absolute atomic E-state index is 0.0960. The number of methoxy groups -OCH3 is 2. The Bertz CT molecular complexity index is 762. The van der Waals surface area contributed by atoms with Gasteiger partial charge in [0.15, 0.2) is 11.5 Å². The zero-order valence-electron chi connectivity index (χ0n) is 17.4. The van der Waals surface area contributed by atoms with Gasteiger partial charge >= 0.3 is 6.09 Å². The molecule has 1 aromatic carbocycles. The maximum absolute atomic E-state index is 13.0. The van der Waals surface area contributed by atoms with Crippen LogP contribution in [-0.2, 0) is 4.74 Å². The summed E-state index contributed by atoms with van der Waals surface area (Å²) < 4.78 is 15.8. The summed E-state index contributed by atoms with van der Waals surface area (Å²) in [7, 11) is 3.02. The van der Waals surface area contributed by atoms with E-state index in [0.717, 1.165) is 19.3 Å². The second-order valence-electron chi connectivity index (χ2n) is 7.95. The van der Waals surface area contributed by atoms with E-state index in [9.17, 15) is 9.59 Å². The number of rotatable bonds is 6.